The van der Waals surface area contributed by atoms with Crippen molar-refractivity contribution in [3.8, 4) is 6.07 Å². The number of piperidine rings is 1. The molecule has 1 aliphatic rings. The maximum atomic E-state index is 12.7. The lowest BCUT2D eigenvalue weighted by molar-refractivity contribution is -0.137. The standard InChI is InChI=1S/C16H19N3O2/c1-11-7-8-13(15(18)20)10-19(11)16(21)14(9-17)12-5-3-2-4-6-12/h2-6,11,13-14H,7-8,10H2,1H3,(H2,18,20). The van der Waals surface area contributed by atoms with E-state index >= 15 is 0 Å². The van der Waals surface area contributed by atoms with Gasteiger partial charge in [0.05, 0.1) is 12.0 Å². The van der Waals surface area contributed by atoms with Gasteiger partial charge < -0.3 is 10.6 Å². The third-order valence-corrected chi connectivity index (χ3v) is 4.08. The molecule has 0 aliphatic carbocycles. The van der Waals surface area contributed by atoms with E-state index < -0.39 is 5.92 Å². The lowest BCUT2D eigenvalue weighted by Gasteiger charge is -2.37. The second kappa shape index (κ2) is 6.40. The van der Waals surface area contributed by atoms with Gasteiger partial charge in [-0.1, -0.05) is 30.3 Å². The number of hydrogen-bond donors (Lipinski definition) is 1. The minimum Gasteiger partial charge on any atom is -0.369 e. The maximum Gasteiger partial charge on any atom is 0.244 e. The van der Waals surface area contributed by atoms with E-state index in [1.54, 1.807) is 29.2 Å². The first-order valence-corrected chi connectivity index (χ1v) is 7.09. The van der Waals surface area contributed by atoms with Crippen LogP contribution in [0, 0.1) is 17.2 Å². The van der Waals surface area contributed by atoms with Crippen molar-refractivity contribution in [2.45, 2.75) is 31.7 Å². The first-order valence-electron chi connectivity index (χ1n) is 7.09. The molecule has 0 radical (unpaired) electrons. The summed E-state index contributed by atoms with van der Waals surface area (Å²) in [7, 11) is 0. The van der Waals surface area contributed by atoms with Crippen LogP contribution in [0.5, 0.6) is 0 Å². The van der Waals surface area contributed by atoms with Crippen LogP contribution in [0.3, 0.4) is 0 Å². The van der Waals surface area contributed by atoms with Gasteiger partial charge in [-0.25, -0.2) is 0 Å². The zero-order valence-electron chi connectivity index (χ0n) is 12.0. The van der Waals surface area contributed by atoms with Crippen LogP contribution in [0.2, 0.25) is 0 Å². The highest BCUT2D eigenvalue weighted by Gasteiger charge is 2.35. The van der Waals surface area contributed by atoms with E-state index in [9.17, 15) is 14.9 Å². The van der Waals surface area contributed by atoms with Gasteiger partial charge in [-0.15, -0.1) is 0 Å². The second-order valence-electron chi connectivity index (χ2n) is 5.49. The van der Waals surface area contributed by atoms with Gasteiger partial charge in [0.25, 0.3) is 0 Å². The van der Waals surface area contributed by atoms with Crippen molar-refractivity contribution in [3.05, 3.63) is 35.9 Å². The van der Waals surface area contributed by atoms with E-state index in [0.29, 0.717) is 18.5 Å². The van der Waals surface area contributed by atoms with Crippen LogP contribution >= 0.6 is 0 Å². The third kappa shape index (κ3) is 3.22. The Hall–Kier alpha value is -2.35. The summed E-state index contributed by atoms with van der Waals surface area (Å²) in [4.78, 5) is 25.6. The molecule has 1 fully saturated rings. The molecule has 0 bridgehead atoms. The summed E-state index contributed by atoms with van der Waals surface area (Å²) in [5, 5.41) is 9.35. The number of primary amides is 1. The number of hydrogen-bond acceptors (Lipinski definition) is 3. The van der Waals surface area contributed by atoms with Crippen molar-refractivity contribution in [1.29, 1.82) is 5.26 Å². The highest BCUT2D eigenvalue weighted by molar-refractivity contribution is 5.87. The number of likely N-dealkylation sites (tertiary alicyclic amines) is 1. The van der Waals surface area contributed by atoms with Crippen molar-refractivity contribution in [1.82, 2.24) is 4.90 Å². The van der Waals surface area contributed by atoms with Crippen LogP contribution in [0.1, 0.15) is 31.2 Å². The molecule has 1 aromatic carbocycles. The predicted molar refractivity (Wildman–Crippen MR) is 77.9 cm³/mol. The van der Waals surface area contributed by atoms with Crippen molar-refractivity contribution in [2.24, 2.45) is 11.7 Å². The van der Waals surface area contributed by atoms with Gasteiger partial charge in [0.15, 0.2) is 0 Å². The molecule has 1 aliphatic heterocycles. The normalized spacial score (nSPS) is 23.1. The zero-order valence-corrected chi connectivity index (χ0v) is 12.0. The molecule has 110 valence electrons. The Bertz CT molecular complexity index is 565. The number of nitrogens with zero attached hydrogens (tertiary/aromatic N) is 2. The molecule has 3 unspecified atom stereocenters. The van der Waals surface area contributed by atoms with E-state index in [1.807, 2.05) is 13.0 Å². The molecule has 1 aromatic rings. The number of nitrogens with two attached hydrogens (primary N) is 1. The Morgan fingerprint density at radius 1 is 1.33 bits per heavy atom. The summed E-state index contributed by atoms with van der Waals surface area (Å²) in [5.74, 6) is -1.78. The summed E-state index contributed by atoms with van der Waals surface area (Å²) < 4.78 is 0. The Kier molecular flexibility index (Phi) is 4.59. The molecule has 1 heterocycles. The largest absolute Gasteiger partial charge is 0.369 e. The van der Waals surface area contributed by atoms with E-state index in [2.05, 4.69) is 6.07 Å². The minimum atomic E-state index is -0.833. The zero-order chi connectivity index (χ0) is 15.4. The highest BCUT2D eigenvalue weighted by atomic mass is 16.2. The minimum absolute atomic E-state index is 0.0210. The number of carbonyl (C=O) groups excluding carboxylic acids is 2. The predicted octanol–water partition coefficient (Wildman–Crippen LogP) is 1.41. The molecule has 0 saturated carbocycles. The molecule has 5 heteroatoms. The number of carbonyl (C=O) groups is 2. The van der Waals surface area contributed by atoms with Crippen molar-refractivity contribution < 1.29 is 9.59 Å². The lowest BCUT2D eigenvalue weighted by atomic mass is 9.90. The number of amides is 2. The smallest absolute Gasteiger partial charge is 0.244 e. The van der Waals surface area contributed by atoms with Crippen LogP contribution < -0.4 is 5.73 Å². The average molecular weight is 285 g/mol. The third-order valence-electron chi connectivity index (χ3n) is 4.08. The van der Waals surface area contributed by atoms with Gasteiger partial charge >= 0.3 is 0 Å². The monoisotopic (exact) mass is 285 g/mol. The van der Waals surface area contributed by atoms with Gasteiger partial charge in [0, 0.05) is 12.6 Å². The van der Waals surface area contributed by atoms with Crippen molar-refractivity contribution in [3.63, 3.8) is 0 Å². The molecule has 2 amide bonds. The number of nitriles is 1. The van der Waals surface area contributed by atoms with Gasteiger partial charge in [-0.2, -0.15) is 5.26 Å². The van der Waals surface area contributed by atoms with Crippen LogP contribution in [0.25, 0.3) is 0 Å². The molecule has 3 atom stereocenters. The van der Waals surface area contributed by atoms with Gasteiger partial charge in [-0.05, 0) is 25.3 Å². The van der Waals surface area contributed by atoms with Crippen LogP contribution in [0.15, 0.2) is 30.3 Å². The summed E-state index contributed by atoms with van der Waals surface area (Å²) in [6, 6.07) is 11.1. The van der Waals surface area contributed by atoms with Gasteiger partial charge in [0.1, 0.15) is 5.92 Å². The van der Waals surface area contributed by atoms with Gasteiger partial charge in [-0.3, -0.25) is 9.59 Å². The Balaban J connectivity index is 2.20. The second-order valence-corrected chi connectivity index (χ2v) is 5.49. The summed E-state index contributed by atoms with van der Waals surface area (Å²) >= 11 is 0. The summed E-state index contributed by atoms with van der Waals surface area (Å²) in [6.45, 7) is 2.24. The Labute approximate surface area is 124 Å². The summed E-state index contributed by atoms with van der Waals surface area (Å²) in [5.41, 5.74) is 6.03. The lowest BCUT2D eigenvalue weighted by Crippen LogP contribution is -2.50. The number of benzene rings is 1. The Morgan fingerprint density at radius 3 is 2.57 bits per heavy atom. The fourth-order valence-corrected chi connectivity index (χ4v) is 2.73. The van der Waals surface area contributed by atoms with E-state index in [4.69, 9.17) is 5.73 Å². The van der Waals surface area contributed by atoms with Crippen LogP contribution in [0.4, 0.5) is 0 Å². The maximum absolute atomic E-state index is 12.7. The first kappa shape index (κ1) is 15.0. The Morgan fingerprint density at radius 2 is 2.00 bits per heavy atom. The van der Waals surface area contributed by atoms with E-state index in [-0.39, 0.29) is 23.8 Å². The molecule has 2 N–H and O–H groups in total. The van der Waals surface area contributed by atoms with Crippen LogP contribution in [-0.4, -0.2) is 29.3 Å². The molecular weight excluding hydrogens is 266 g/mol. The highest BCUT2D eigenvalue weighted by Crippen LogP contribution is 2.26. The molecule has 5 nitrogen and oxygen atoms in total. The fraction of sp³-hybridized carbons (Fsp3) is 0.438. The topological polar surface area (TPSA) is 87.2 Å². The van der Waals surface area contributed by atoms with E-state index in [0.717, 1.165) is 6.42 Å². The van der Waals surface area contributed by atoms with Crippen molar-refractivity contribution in [2.75, 3.05) is 6.54 Å². The molecular formula is C16H19N3O2. The van der Waals surface area contributed by atoms with E-state index in [1.165, 1.54) is 0 Å². The first-order chi connectivity index (χ1) is 10.0. The molecule has 0 aromatic heterocycles. The number of rotatable bonds is 3. The molecule has 21 heavy (non-hydrogen) atoms. The molecule has 1 saturated heterocycles. The fourth-order valence-electron chi connectivity index (χ4n) is 2.73. The van der Waals surface area contributed by atoms with Crippen LogP contribution in [-0.2, 0) is 9.59 Å². The quantitative estimate of drug-likeness (QED) is 0.910. The van der Waals surface area contributed by atoms with Crippen molar-refractivity contribution >= 4 is 11.8 Å². The van der Waals surface area contributed by atoms with Gasteiger partial charge in [0.2, 0.25) is 11.8 Å². The summed E-state index contributed by atoms with van der Waals surface area (Å²) in [6.07, 6.45) is 1.43. The molecule has 2 rings (SSSR count). The SMILES string of the molecule is CC1CCC(C(N)=O)CN1C(=O)C(C#N)c1ccccc1. The molecule has 0 spiro atoms. The average Bonchev–Trinajstić information content (AvgIpc) is 2.49.